The highest BCUT2D eigenvalue weighted by Gasteiger charge is 2.08. The Bertz CT molecular complexity index is 1040. The van der Waals surface area contributed by atoms with Crippen LogP contribution in [0.2, 0.25) is 5.02 Å². The van der Waals surface area contributed by atoms with Crippen molar-refractivity contribution in [1.29, 1.82) is 0 Å². The Kier molecular flexibility index (Phi) is 10.5. The molecule has 0 bridgehead atoms. The van der Waals surface area contributed by atoms with Crippen molar-refractivity contribution in [2.75, 3.05) is 18.4 Å². The zero-order valence-electron chi connectivity index (χ0n) is 18.0. The maximum absolute atomic E-state index is 12.2. The standard InChI is InChI=1S/C23H26ClN5O2.HI/c1-3-25-23(26-12-11-21(30)29-20-10-9-16(2)13-19(20)24)27-14-18-15-31-22(28-18)17-7-5-4-6-8-17;/h4-10,13,15H,3,11-12,14H2,1-2H3,(H,29,30)(H2,25,26,27);1H. The van der Waals surface area contributed by atoms with E-state index in [1.54, 1.807) is 12.3 Å². The van der Waals surface area contributed by atoms with Crippen LogP contribution in [-0.4, -0.2) is 29.9 Å². The number of hydrogen-bond donors (Lipinski definition) is 3. The molecule has 3 aromatic rings. The van der Waals surface area contributed by atoms with Crippen LogP contribution in [0.5, 0.6) is 0 Å². The van der Waals surface area contributed by atoms with Crippen molar-refractivity contribution in [1.82, 2.24) is 15.6 Å². The highest BCUT2D eigenvalue weighted by Crippen LogP contribution is 2.22. The van der Waals surface area contributed by atoms with Crippen molar-refractivity contribution in [3.05, 3.63) is 71.1 Å². The number of oxazole rings is 1. The van der Waals surface area contributed by atoms with E-state index in [9.17, 15) is 4.79 Å². The molecule has 0 atom stereocenters. The Morgan fingerprint density at radius 1 is 1.16 bits per heavy atom. The Morgan fingerprint density at radius 3 is 2.66 bits per heavy atom. The van der Waals surface area contributed by atoms with Crippen molar-refractivity contribution >= 4 is 53.1 Å². The van der Waals surface area contributed by atoms with Crippen LogP contribution in [0.4, 0.5) is 5.69 Å². The second-order valence-corrected chi connectivity index (χ2v) is 7.32. The van der Waals surface area contributed by atoms with Gasteiger partial charge in [-0.1, -0.05) is 35.9 Å². The first kappa shape index (κ1) is 25.7. The molecule has 0 aliphatic heterocycles. The first-order valence-electron chi connectivity index (χ1n) is 10.1. The monoisotopic (exact) mass is 567 g/mol. The highest BCUT2D eigenvalue weighted by molar-refractivity contribution is 14.0. The van der Waals surface area contributed by atoms with E-state index in [4.69, 9.17) is 16.0 Å². The quantitative estimate of drug-likeness (QED) is 0.202. The van der Waals surface area contributed by atoms with Crippen molar-refractivity contribution in [3.63, 3.8) is 0 Å². The number of aryl methyl sites for hydroxylation is 1. The molecule has 0 unspecified atom stereocenters. The molecule has 1 heterocycles. The van der Waals surface area contributed by atoms with E-state index in [-0.39, 0.29) is 36.3 Å². The zero-order chi connectivity index (χ0) is 22.1. The number of carbonyl (C=O) groups excluding carboxylic acids is 1. The van der Waals surface area contributed by atoms with Crippen LogP contribution >= 0.6 is 35.6 Å². The molecule has 1 aromatic heterocycles. The normalized spacial score (nSPS) is 10.9. The average molecular weight is 568 g/mol. The number of benzene rings is 2. The number of amides is 1. The highest BCUT2D eigenvalue weighted by atomic mass is 127. The number of hydrogen-bond acceptors (Lipinski definition) is 4. The molecular weight excluding hydrogens is 541 g/mol. The number of carbonyl (C=O) groups is 1. The summed E-state index contributed by atoms with van der Waals surface area (Å²) in [6.45, 7) is 5.41. The van der Waals surface area contributed by atoms with Crippen LogP contribution in [-0.2, 0) is 11.3 Å². The van der Waals surface area contributed by atoms with Crippen LogP contribution in [0, 0.1) is 6.92 Å². The van der Waals surface area contributed by atoms with Crippen molar-refractivity contribution < 1.29 is 9.21 Å². The Morgan fingerprint density at radius 2 is 1.94 bits per heavy atom. The smallest absolute Gasteiger partial charge is 0.226 e. The molecule has 3 rings (SSSR count). The molecule has 9 heteroatoms. The van der Waals surface area contributed by atoms with Gasteiger partial charge in [0.05, 0.1) is 17.3 Å². The number of nitrogens with zero attached hydrogens (tertiary/aromatic N) is 2. The van der Waals surface area contributed by atoms with E-state index in [2.05, 4.69) is 25.9 Å². The van der Waals surface area contributed by atoms with Gasteiger partial charge >= 0.3 is 0 Å². The lowest BCUT2D eigenvalue weighted by Crippen LogP contribution is -2.38. The first-order chi connectivity index (χ1) is 15.0. The van der Waals surface area contributed by atoms with Gasteiger partial charge in [0.25, 0.3) is 0 Å². The van der Waals surface area contributed by atoms with Gasteiger partial charge in [0, 0.05) is 25.1 Å². The summed E-state index contributed by atoms with van der Waals surface area (Å²) in [4.78, 5) is 21.2. The predicted molar refractivity (Wildman–Crippen MR) is 140 cm³/mol. The number of halogens is 2. The second-order valence-electron chi connectivity index (χ2n) is 6.91. The summed E-state index contributed by atoms with van der Waals surface area (Å²) < 4.78 is 5.54. The number of aromatic nitrogens is 1. The number of guanidine groups is 1. The summed E-state index contributed by atoms with van der Waals surface area (Å²) in [5.74, 6) is 1.04. The lowest BCUT2D eigenvalue weighted by Gasteiger charge is -2.11. The zero-order valence-corrected chi connectivity index (χ0v) is 21.1. The molecular formula is C23H27ClIN5O2. The van der Waals surface area contributed by atoms with Gasteiger partial charge in [0.1, 0.15) is 12.0 Å². The fourth-order valence-electron chi connectivity index (χ4n) is 2.82. The van der Waals surface area contributed by atoms with Gasteiger partial charge in [-0.25, -0.2) is 9.98 Å². The summed E-state index contributed by atoms with van der Waals surface area (Å²) >= 11 is 6.17. The minimum absolute atomic E-state index is 0. The summed E-state index contributed by atoms with van der Waals surface area (Å²) in [6.07, 6.45) is 1.88. The minimum Gasteiger partial charge on any atom is -0.444 e. The summed E-state index contributed by atoms with van der Waals surface area (Å²) in [5.41, 5.74) is 3.29. The summed E-state index contributed by atoms with van der Waals surface area (Å²) in [7, 11) is 0. The number of nitrogens with one attached hydrogen (secondary N) is 3. The number of anilines is 1. The van der Waals surface area contributed by atoms with Crippen molar-refractivity contribution in [2.45, 2.75) is 26.8 Å². The van der Waals surface area contributed by atoms with E-state index < -0.39 is 0 Å². The molecule has 0 fully saturated rings. The van der Waals surface area contributed by atoms with Gasteiger partial charge in [-0.3, -0.25) is 4.79 Å². The van der Waals surface area contributed by atoms with E-state index in [0.29, 0.717) is 42.2 Å². The maximum Gasteiger partial charge on any atom is 0.226 e. The Balaban J connectivity index is 0.00000363. The van der Waals surface area contributed by atoms with Crippen LogP contribution < -0.4 is 16.0 Å². The molecule has 1 amide bonds. The number of aliphatic imine (C=N–C) groups is 1. The molecule has 0 spiro atoms. The first-order valence-corrected chi connectivity index (χ1v) is 10.5. The topological polar surface area (TPSA) is 91.6 Å². The molecule has 0 aliphatic rings. The van der Waals surface area contributed by atoms with Crippen LogP contribution in [0.1, 0.15) is 24.6 Å². The fraction of sp³-hybridized carbons (Fsp3) is 0.261. The second kappa shape index (κ2) is 13.1. The molecule has 0 saturated heterocycles. The molecule has 7 nitrogen and oxygen atoms in total. The molecule has 32 heavy (non-hydrogen) atoms. The maximum atomic E-state index is 12.2. The molecule has 2 aromatic carbocycles. The van der Waals surface area contributed by atoms with E-state index in [1.807, 2.05) is 56.3 Å². The van der Waals surface area contributed by atoms with E-state index >= 15 is 0 Å². The molecule has 0 saturated carbocycles. The third kappa shape index (κ3) is 7.83. The third-order valence-corrected chi connectivity index (χ3v) is 4.67. The SMILES string of the molecule is CCNC(=NCc1coc(-c2ccccc2)n1)NCCC(=O)Nc1ccc(C)cc1Cl.I. The van der Waals surface area contributed by atoms with Crippen LogP contribution in [0.3, 0.4) is 0 Å². The van der Waals surface area contributed by atoms with E-state index in [1.165, 1.54) is 0 Å². The van der Waals surface area contributed by atoms with E-state index in [0.717, 1.165) is 16.8 Å². The van der Waals surface area contributed by atoms with Gasteiger partial charge in [-0.2, -0.15) is 0 Å². The van der Waals surface area contributed by atoms with Gasteiger partial charge in [-0.15, -0.1) is 24.0 Å². The summed E-state index contributed by atoms with van der Waals surface area (Å²) in [5, 5.41) is 9.67. The largest absolute Gasteiger partial charge is 0.444 e. The molecule has 0 radical (unpaired) electrons. The Labute approximate surface area is 210 Å². The van der Waals surface area contributed by atoms with Gasteiger partial charge in [0.15, 0.2) is 5.96 Å². The van der Waals surface area contributed by atoms with Gasteiger partial charge in [-0.05, 0) is 43.7 Å². The minimum atomic E-state index is -0.127. The third-order valence-electron chi connectivity index (χ3n) is 4.36. The average Bonchev–Trinajstić information content (AvgIpc) is 3.24. The van der Waals surface area contributed by atoms with Crippen molar-refractivity contribution in [2.24, 2.45) is 4.99 Å². The van der Waals surface area contributed by atoms with Gasteiger partial charge < -0.3 is 20.4 Å². The summed E-state index contributed by atoms with van der Waals surface area (Å²) in [6, 6.07) is 15.2. The lowest BCUT2D eigenvalue weighted by molar-refractivity contribution is -0.116. The fourth-order valence-corrected chi connectivity index (χ4v) is 3.11. The van der Waals surface area contributed by atoms with Gasteiger partial charge in [0.2, 0.25) is 11.8 Å². The molecule has 3 N–H and O–H groups in total. The van der Waals surface area contributed by atoms with Crippen LogP contribution in [0.15, 0.2) is 64.2 Å². The predicted octanol–water partition coefficient (Wildman–Crippen LogP) is 5.01. The van der Waals surface area contributed by atoms with Crippen LogP contribution in [0.25, 0.3) is 11.5 Å². The van der Waals surface area contributed by atoms with Crippen molar-refractivity contribution in [3.8, 4) is 11.5 Å². The Hall–Kier alpha value is -2.59. The lowest BCUT2D eigenvalue weighted by atomic mass is 10.2. The number of rotatable bonds is 8. The molecule has 170 valence electrons. The molecule has 0 aliphatic carbocycles.